The van der Waals surface area contributed by atoms with Gasteiger partial charge in [-0.3, -0.25) is 0 Å². The lowest BCUT2D eigenvalue weighted by atomic mass is 10.0. The summed E-state index contributed by atoms with van der Waals surface area (Å²) in [6, 6.07) is 5.65. The largest absolute Gasteiger partial charge is 0.376 e. The Balaban J connectivity index is 2.27. The third-order valence-electron chi connectivity index (χ3n) is 3.08. The van der Waals surface area contributed by atoms with Crippen LogP contribution in [0.5, 0.6) is 0 Å². The van der Waals surface area contributed by atoms with Gasteiger partial charge in [0.1, 0.15) is 5.54 Å². The third kappa shape index (κ3) is 3.61. The van der Waals surface area contributed by atoms with E-state index >= 15 is 0 Å². The van der Waals surface area contributed by atoms with Crippen molar-refractivity contribution < 1.29 is 9.26 Å². The molecular formula is C15H20ClN3O2. The van der Waals surface area contributed by atoms with Crippen molar-refractivity contribution >= 4 is 11.6 Å². The van der Waals surface area contributed by atoms with E-state index in [0.29, 0.717) is 28.9 Å². The van der Waals surface area contributed by atoms with E-state index in [9.17, 15) is 0 Å². The fourth-order valence-electron chi connectivity index (χ4n) is 1.78. The predicted octanol–water partition coefficient (Wildman–Crippen LogP) is 3.30. The molecule has 21 heavy (non-hydrogen) atoms. The quantitative estimate of drug-likeness (QED) is 0.917. The van der Waals surface area contributed by atoms with E-state index in [1.165, 1.54) is 0 Å². The van der Waals surface area contributed by atoms with E-state index in [-0.39, 0.29) is 6.10 Å². The van der Waals surface area contributed by atoms with Crippen LogP contribution >= 0.6 is 11.6 Å². The highest BCUT2D eigenvalue weighted by molar-refractivity contribution is 6.33. The fourth-order valence-corrected chi connectivity index (χ4v) is 1.99. The number of nitrogens with two attached hydrogens (primary N) is 1. The van der Waals surface area contributed by atoms with Gasteiger partial charge in [-0.1, -0.05) is 28.9 Å². The van der Waals surface area contributed by atoms with Crippen molar-refractivity contribution in [3.63, 3.8) is 0 Å². The van der Waals surface area contributed by atoms with E-state index in [0.717, 1.165) is 5.56 Å². The minimum atomic E-state index is -0.817. The van der Waals surface area contributed by atoms with Gasteiger partial charge in [0, 0.05) is 0 Å². The van der Waals surface area contributed by atoms with Gasteiger partial charge in [-0.05, 0) is 39.3 Å². The smallest absolute Gasteiger partial charge is 0.259 e. The maximum Gasteiger partial charge on any atom is 0.259 e. The number of halogens is 1. The summed E-state index contributed by atoms with van der Waals surface area (Å²) in [4.78, 5) is 4.36. The van der Waals surface area contributed by atoms with Crippen molar-refractivity contribution in [2.75, 3.05) is 6.61 Å². The highest BCUT2D eigenvalue weighted by Gasteiger charge is 2.29. The number of nitrogens with zero attached hydrogens (tertiary/aromatic N) is 2. The lowest BCUT2D eigenvalue weighted by Crippen LogP contribution is -2.40. The summed E-state index contributed by atoms with van der Waals surface area (Å²) in [6.07, 6.45) is 0.0884. The molecule has 0 saturated heterocycles. The van der Waals surface area contributed by atoms with Gasteiger partial charge in [0.15, 0.2) is 5.82 Å². The van der Waals surface area contributed by atoms with E-state index in [1.54, 1.807) is 0 Å². The summed E-state index contributed by atoms with van der Waals surface area (Å²) in [7, 11) is 0. The number of aromatic nitrogens is 2. The van der Waals surface area contributed by atoms with Crippen LogP contribution in [0.1, 0.15) is 32.2 Å². The van der Waals surface area contributed by atoms with Crippen LogP contribution in [-0.4, -0.2) is 22.9 Å². The van der Waals surface area contributed by atoms with Crippen LogP contribution in [0, 0.1) is 6.92 Å². The molecule has 0 aliphatic rings. The van der Waals surface area contributed by atoms with Crippen molar-refractivity contribution in [2.45, 2.75) is 39.3 Å². The van der Waals surface area contributed by atoms with E-state index in [2.05, 4.69) is 10.1 Å². The lowest BCUT2D eigenvalue weighted by molar-refractivity contribution is 0.0410. The van der Waals surface area contributed by atoms with Gasteiger partial charge >= 0.3 is 0 Å². The summed E-state index contributed by atoms with van der Waals surface area (Å²) < 4.78 is 10.8. The molecule has 6 heteroatoms. The van der Waals surface area contributed by atoms with Gasteiger partial charge in [0.2, 0.25) is 0 Å². The Morgan fingerprint density at radius 3 is 2.81 bits per heavy atom. The Kier molecular flexibility index (Phi) is 4.66. The zero-order valence-electron chi connectivity index (χ0n) is 12.7. The second kappa shape index (κ2) is 6.13. The average molecular weight is 310 g/mol. The van der Waals surface area contributed by atoms with Gasteiger partial charge < -0.3 is 15.0 Å². The molecule has 2 aromatic rings. The van der Waals surface area contributed by atoms with E-state index in [4.69, 9.17) is 26.6 Å². The first-order valence-electron chi connectivity index (χ1n) is 6.81. The molecular weight excluding hydrogens is 290 g/mol. The summed E-state index contributed by atoms with van der Waals surface area (Å²) in [6.45, 7) is 7.94. The molecule has 0 amide bonds. The first kappa shape index (κ1) is 15.9. The van der Waals surface area contributed by atoms with Crippen molar-refractivity contribution in [3.05, 3.63) is 34.6 Å². The molecule has 0 aliphatic heterocycles. The third-order valence-corrected chi connectivity index (χ3v) is 3.58. The maximum atomic E-state index is 6.27. The first-order chi connectivity index (χ1) is 9.81. The topological polar surface area (TPSA) is 74.2 Å². The van der Waals surface area contributed by atoms with Crippen LogP contribution in [-0.2, 0) is 10.3 Å². The average Bonchev–Trinajstić information content (AvgIpc) is 2.90. The van der Waals surface area contributed by atoms with Crippen LogP contribution in [0.25, 0.3) is 11.5 Å². The van der Waals surface area contributed by atoms with Crippen LogP contribution in [0.3, 0.4) is 0 Å². The number of ether oxygens (including phenoxy) is 1. The summed E-state index contributed by atoms with van der Waals surface area (Å²) in [5, 5.41) is 4.56. The van der Waals surface area contributed by atoms with Crippen LogP contribution in [0.15, 0.2) is 22.7 Å². The molecule has 0 radical (unpaired) electrons. The normalized spacial score (nSPS) is 14.4. The molecule has 1 heterocycles. The monoisotopic (exact) mass is 309 g/mol. The molecule has 1 atom stereocenters. The Labute approximate surface area is 129 Å². The van der Waals surface area contributed by atoms with Gasteiger partial charge in [-0.2, -0.15) is 4.98 Å². The SMILES string of the molecule is Cc1cccc(-c2nc(C(C)(N)COC(C)C)no2)c1Cl. The van der Waals surface area contributed by atoms with Crippen LogP contribution in [0.4, 0.5) is 0 Å². The molecule has 1 aromatic heterocycles. The molecule has 5 nitrogen and oxygen atoms in total. The fraction of sp³-hybridized carbons (Fsp3) is 0.467. The van der Waals surface area contributed by atoms with Crippen LogP contribution in [0.2, 0.25) is 5.02 Å². The molecule has 1 unspecified atom stereocenters. The maximum absolute atomic E-state index is 6.27. The zero-order valence-corrected chi connectivity index (χ0v) is 13.4. The highest BCUT2D eigenvalue weighted by atomic mass is 35.5. The molecule has 0 aliphatic carbocycles. The van der Waals surface area contributed by atoms with Crippen molar-refractivity contribution in [2.24, 2.45) is 5.73 Å². The zero-order chi connectivity index (χ0) is 15.6. The van der Waals surface area contributed by atoms with Crippen molar-refractivity contribution in [1.82, 2.24) is 10.1 Å². The minimum absolute atomic E-state index is 0.0884. The number of hydrogen-bond donors (Lipinski definition) is 1. The van der Waals surface area contributed by atoms with Gasteiger partial charge in [0.05, 0.1) is 23.3 Å². The van der Waals surface area contributed by atoms with Gasteiger partial charge in [0.25, 0.3) is 5.89 Å². The Bertz CT molecular complexity index is 623. The van der Waals surface area contributed by atoms with E-state index < -0.39 is 5.54 Å². The number of rotatable bonds is 5. The number of benzene rings is 1. The molecule has 0 spiro atoms. The second-order valence-corrected chi connectivity index (χ2v) is 6.01. The molecule has 2 rings (SSSR count). The predicted molar refractivity (Wildman–Crippen MR) is 82.1 cm³/mol. The van der Waals surface area contributed by atoms with Gasteiger partial charge in [-0.25, -0.2) is 0 Å². The molecule has 2 N–H and O–H groups in total. The molecule has 0 bridgehead atoms. The van der Waals surface area contributed by atoms with Gasteiger partial charge in [-0.15, -0.1) is 0 Å². The highest BCUT2D eigenvalue weighted by Crippen LogP contribution is 2.30. The van der Waals surface area contributed by atoms with Crippen LogP contribution < -0.4 is 5.73 Å². The number of hydrogen-bond acceptors (Lipinski definition) is 5. The summed E-state index contributed by atoms with van der Waals surface area (Å²) in [5.41, 5.74) is 7.04. The standard InChI is InChI=1S/C15H20ClN3O2/c1-9(2)20-8-15(4,17)14-18-13(21-19-14)11-7-5-6-10(3)12(11)16/h5-7,9H,8,17H2,1-4H3. The number of aryl methyl sites for hydroxylation is 1. The van der Waals surface area contributed by atoms with E-state index in [1.807, 2.05) is 45.9 Å². The lowest BCUT2D eigenvalue weighted by Gasteiger charge is -2.21. The Morgan fingerprint density at radius 1 is 1.43 bits per heavy atom. The molecule has 1 aromatic carbocycles. The minimum Gasteiger partial charge on any atom is -0.376 e. The summed E-state index contributed by atoms with van der Waals surface area (Å²) >= 11 is 6.27. The van der Waals surface area contributed by atoms with Crippen molar-refractivity contribution in [3.8, 4) is 11.5 Å². The second-order valence-electron chi connectivity index (χ2n) is 5.64. The molecule has 0 fully saturated rings. The van der Waals surface area contributed by atoms with Crippen molar-refractivity contribution in [1.29, 1.82) is 0 Å². The Hall–Kier alpha value is -1.43. The first-order valence-corrected chi connectivity index (χ1v) is 7.19. The molecule has 114 valence electrons. The Morgan fingerprint density at radius 2 is 2.14 bits per heavy atom. The summed E-state index contributed by atoms with van der Waals surface area (Å²) in [5.74, 6) is 0.760. The molecule has 0 saturated carbocycles.